The van der Waals surface area contributed by atoms with Crippen molar-refractivity contribution in [3.63, 3.8) is 0 Å². The third-order valence-corrected chi connectivity index (χ3v) is 12.8. The van der Waals surface area contributed by atoms with Crippen LogP contribution in [0.1, 0.15) is 102 Å². The van der Waals surface area contributed by atoms with E-state index in [1.807, 2.05) is 95.6 Å². The van der Waals surface area contributed by atoms with Gasteiger partial charge in [-0.05, 0) is 86.1 Å². The number of aryl methyl sites for hydroxylation is 2. The average Bonchev–Trinajstić information content (AvgIpc) is 3.97. The van der Waals surface area contributed by atoms with Gasteiger partial charge in [-0.2, -0.15) is 0 Å². The van der Waals surface area contributed by atoms with Crippen LogP contribution >= 0.6 is 11.3 Å². The van der Waals surface area contributed by atoms with E-state index in [1.54, 1.807) is 11.3 Å². The zero-order chi connectivity index (χ0) is 44.3. The number of rotatable bonds is 20. The van der Waals surface area contributed by atoms with Crippen molar-refractivity contribution in [3.05, 3.63) is 76.4 Å². The summed E-state index contributed by atoms with van der Waals surface area (Å²) in [6.45, 7) is 13.0. The summed E-state index contributed by atoms with van der Waals surface area (Å²) in [4.78, 5) is 72.0. The predicted molar refractivity (Wildman–Crippen MR) is 236 cm³/mol. The summed E-state index contributed by atoms with van der Waals surface area (Å²) in [5.41, 5.74) is 11.6. The summed E-state index contributed by atoms with van der Waals surface area (Å²) < 4.78 is 6.16. The van der Waals surface area contributed by atoms with Crippen molar-refractivity contribution < 1.29 is 33.8 Å². The Hall–Kier alpha value is -4.70. The van der Waals surface area contributed by atoms with Gasteiger partial charge < -0.3 is 41.7 Å². The predicted octanol–water partition coefficient (Wildman–Crippen LogP) is 4.29. The molecule has 3 heterocycles. The Bertz CT molecular complexity index is 1950. The van der Waals surface area contributed by atoms with Gasteiger partial charge in [0.05, 0.1) is 47.0 Å². The average molecular weight is 860 g/mol. The topological polar surface area (TPSA) is 205 Å². The smallest absolute Gasteiger partial charge is 0.246 e. The Morgan fingerprint density at radius 2 is 1.67 bits per heavy atom. The Kier molecular flexibility index (Phi) is 17.0. The van der Waals surface area contributed by atoms with Gasteiger partial charge in [0.2, 0.25) is 29.5 Å². The molecule has 1 aromatic heterocycles. The van der Waals surface area contributed by atoms with Crippen LogP contribution in [-0.4, -0.2) is 94.0 Å². The molecule has 0 radical (unpaired) electrons. The lowest BCUT2D eigenvalue weighted by Gasteiger charge is -2.35. The number of unbranched alkanes of at least 4 members (excludes halogenated alkanes) is 1. The molecule has 2 aliphatic heterocycles. The number of carbonyl (C=O) groups excluding carboxylic acids is 5. The normalized spacial score (nSPS) is 20.5. The monoisotopic (exact) mass is 859 g/mol. The number of likely N-dealkylation sites (tertiary alicyclic amines) is 1. The standard InChI is InChI=1S/C46H65N7O7S/c1-28-21-22-48-40(28)44(58)51-36(19-20-38(47)55)30(3)60-26-33-13-11-31(12-14-33)9-7-8-10-39(56)52-42(46(4,5)6)45(59)53-25-35(54)23-37(53)43(57)49-24-32-15-17-34(18-16-32)41-29(2)50-27-61-41/h11-18,27-28,30,35-37,40,42,48,54H,7-10,19-26H2,1-6H3,(H2,47,55)(H,49,57)(H,51,58)(H,52,56)/t28-,30-,35-,36+,37+,40+,42-/m1/s1. The van der Waals surface area contributed by atoms with Crippen molar-refractivity contribution >= 4 is 40.9 Å². The molecule has 2 aromatic carbocycles. The number of aromatic nitrogens is 1. The number of primary amides is 1. The number of β-amino-alcohol motifs (C(OH)–C–C–N with tert-alkyl or cyclic N) is 1. The van der Waals surface area contributed by atoms with Crippen molar-refractivity contribution in [1.82, 2.24) is 31.2 Å². The Labute approximate surface area is 364 Å². The molecule has 0 unspecified atom stereocenters. The molecule has 0 aliphatic carbocycles. The molecule has 0 bridgehead atoms. The van der Waals surface area contributed by atoms with Crippen molar-refractivity contribution in [1.29, 1.82) is 0 Å². The number of hydrogen-bond donors (Lipinski definition) is 6. The fraction of sp³-hybridized carbons (Fsp3) is 0.565. The first-order valence-corrected chi connectivity index (χ1v) is 22.4. The molecule has 0 spiro atoms. The number of aliphatic hydroxyl groups is 1. The largest absolute Gasteiger partial charge is 0.391 e. The molecule has 2 saturated heterocycles. The second-order valence-corrected chi connectivity index (χ2v) is 18.7. The van der Waals surface area contributed by atoms with Gasteiger partial charge in [-0.1, -0.05) is 76.2 Å². The lowest BCUT2D eigenvalue weighted by Crippen LogP contribution is -2.57. The fourth-order valence-electron chi connectivity index (χ4n) is 7.95. The maximum atomic E-state index is 14.0. The second-order valence-electron chi connectivity index (χ2n) is 17.8. The molecule has 5 amide bonds. The number of thiazole rings is 1. The first kappa shape index (κ1) is 47.4. The van der Waals surface area contributed by atoms with Crippen LogP contribution in [0.2, 0.25) is 0 Å². The van der Waals surface area contributed by atoms with Crippen LogP contribution in [0.15, 0.2) is 54.0 Å². The first-order valence-electron chi connectivity index (χ1n) is 21.6. The number of nitrogens with one attached hydrogen (secondary N) is 4. The highest BCUT2D eigenvalue weighted by atomic mass is 32.1. The van der Waals surface area contributed by atoms with E-state index in [2.05, 4.69) is 26.3 Å². The summed E-state index contributed by atoms with van der Waals surface area (Å²) in [5.74, 6) is -1.26. The SMILES string of the molecule is Cc1ncsc1-c1ccc(CNC(=O)[C@@H]2C[C@@H](O)CN2C(=O)[C@@H](NC(=O)CCCCc2ccc(CO[C@H](C)[C@H](CCC(N)=O)NC(=O)[C@H]3NCC[C@H]3C)cc2)C(C)(C)C)cc1. The number of hydrogen-bond acceptors (Lipinski definition) is 10. The lowest BCUT2D eigenvalue weighted by molar-refractivity contribution is -0.144. The molecule has 7 N–H and O–H groups in total. The van der Waals surface area contributed by atoms with E-state index in [-0.39, 0.29) is 80.1 Å². The minimum Gasteiger partial charge on any atom is -0.391 e. The van der Waals surface area contributed by atoms with E-state index in [4.69, 9.17) is 10.5 Å². The maximum absolute atomic E-state index is 14.0. The zero-order valence-electron chi connectivity index (χ0n) is 36.5. The zero-order valence-corrected chi connectivity index (χ0v) is 37.3. The Morgan fingerprint density at radius 3 is 2.30 bits per heavy atom. The van der Waals surface area contributed by atoms with Gasteiger partial charge in [-0.3, -0.25) is 24.0 Å². The highest BCUT2D eigenvalue weighted by Gasteiger charge is 2.44. The summed E-state index contributed by atoms with van der Waals surface area (Å²) in [6.07, 6.45) is 2.78. The quantitative estimate of drug-likeness (QED) is 0.0896. The summed E-state index contributed by atoms with van der Waals surface area (Å²) in [6, 6.07) is 13.6. The molecule has 7 atom stereocenters. The first-order chi connectivity index (χ1) is 29.0. The van der Waals surface area contributed by atoms with Crippen molar-refractivity contribution in [2.24, 2.45) is 17.1 Å². The lowest BCUT2D eigenvalue weighted by atomic mass is 9.85. The molecule has 2 fully saturated rings. The Morgan fingerprint density at radius 1 is 0.984 bits per heavy atom. The summed E-state index contributed by atoms with van der Waals surface area (Å²) >= 11 is 1.58. The number of carbonyl (C=O) groups is 5. The van der Waals surface area contributed by atoms with Crippen LogP contribution in [0, 0.1) is 18.3 Å². The fourth-order valence-corrected chi connectivity index (χ4v) is 8.77. The number of ether oxygens (including phenoxy) is 1. The van der Waals surface area contributed by atoms with Gasteiger partial charge in [0.25, 0.3) is 0 Å². The molecule has 14 nitrogen and oxygen atoms in total. The van der Waals surface area contributed by atoms with Crippen molar-refractivity contribution in [3.8, 4) is 10.4 Å². The third-order valence-electron chi connectivity index (χ3n) is 11.8. The van der Waals surface area contributed by atoms with Gasteiger partial charge in [-0.25, -0.2) is 4.98 Å². The molecular weight excluding hydrogens is 795 g/mol. The van der Waals surface area contributed by atoms with E-state index in [0.29, 0.717) is 19.4 Å². The number of amides is 5. The molecule has 3 aromatic rings. The second kappa shape index (κ2) is 21.9. The van der Waals surface area contributed by atoms with E-state index >= 15 is 0 Å². The molecule has 61 heavy (non-hydrogen) atoms. The number of aliphatic hydroxyl groups excluding tert-OH is 1. The molecule has 15 heteroatoms. The molecular formula is C46H65N7O7S. The molecule has 5 rings (SSSR count). The van der Waals surface area contributed by atoms with E-state index < -0.39 is 29.5 Å². The summed E-state index contributed by atoms with van der Waals surface area (Å²) in [5, 5.41) is 22.8. The van der Waals surface area contributed by atoms with Crippen LogP contribution in [0.25, 0.3) is 10.4 Å². The number of benzene rings is 2. The van der Waals surface area contributed by atoms with Crippen molar-refractivity contribution in [2.75, 3.05) is 13.1 Å². The van der Waals surface area contributed by atoms with Gasteiger partial charge in [0.1, 0.15) is 12.1 Å². The highest BCUT2D eigenvalue weighted by molar-refractivity contribution is 7.13. The van der Waals surface area contributed by atoms with Gasteiger partial charge in [0, 0.05) is 32.4 Å². The molecule has 332 valence electrons. The van der Waals surface area contributed by atoms with Crippen LogP contribution in [0.5, 0.6) is 0 Å². The summed E-state index contributed by atoms with van der Waals surface area (Å²) in [7, 11) is 0. The number of nitrogens with two attached hydrogens (primary N) is 1. The van der Waals surface area contributed by atoms with Crippen molar-refractivity contribution in [2.45, 2.75) is 142 Å². The van der Waals surface area contributed by atoms with E-state index in [9.17, 15) is 29.1 Å². The Balaban J connectivity index is 1.06. The minimum atomic E-state index is -0.886. The maximum Gasteiger partial charge on any atom is 0.246 e. The van der Waals surface area contributed by atoms with Gasteiger partial charge >= 0.3 is 0 Å². The van der Waals surface area contributed by atoms with Crippen LogP contribution in [0.4, 0.5) is 0 Å². The molecule has 0 saturated carbocycles. The van der Waals surface area contributed by atoms with Gasteiger partial charge in [0.15, 0.2) is 0 Å². The van der Waals surface area contributed by atoms with Gasteiger partial charge in [-0.15, -0.1) is 11.3 Å². The van der Waals surface area contributed by atoms with Crippen LogP contribution in [0.3, 0.4) is 0 Å². The molecule has 2 aliphatic rings. The van der Waals surface area contributed by atoms with E-state index in [1.165, 1.54) is 4.90 Å². The minimum absolute atomic E-state index is 0.0135. The number of nitrogens with zero attached hydrogens (tertiary/aromatic N) is 2. The van der Waals surface area contributed by atoms with Crippen LogP contribution in [-0.2, 0) is 48.3 Å². The van der Waals surface area contributed by atoms with E-state index in [0.717, 1.165) is 58.6 Å². The third kappa shape index (κ3) is 13.6. The van der Waals surface area contributed by atoms with Crippen LogP contribution < -0.4 is 27.0 Å². The highest BCUT2D eigenvalue weighted by Crippen LogP contribution is 2.29.